The molecule has 0 bridgehead atoms. The summed E-state index contributed by atoms with van der Waals surface area (Å²) >= 11 is 2.02. The van der Waals surface area contributed by atoms with Gasteiger partial charge in [-0.1, -0.05) is 6.92 Å². The molecule has 132 valence electrons. The number of thioether (sulfide) groups is 1. The number of nitrogens with one attached hydrogen (secondary N) is 1. The number of amides is 2. The molecular weight excluding hydrogens is 427 g/mol. The number of rotatable bonds is 4. The van der Waals surface area contributed by atoms with E-state index in [9.17, 15) is 9.59 Å². The van der Waals surface area contributed by atoms with Crippen molar-refractivity contribution in [3.8, 4) is 0 Å². The van der Waals surface area contributed by atoms with Gasteiger partial charge in [0.05, 0.1) is 0 Å². The van der Waals surface area contributed by atoms with Crippen LogP contribution in [0.25, 0.3) is 0 Å². The van der Waals surface area contributed by atoms with E-state index in [0.29, 0.717) is 37.6 Å². The molecule has 23 heavy (non-hydrogen) atoms. The number of hydrogen-bond acceptors (Lipinski definition) is 4. The van der Waals surface area contributed by atoms with Gasteiger partial charge < -0.3 is 10.2 Å². The van der Waals surface area contributed by atoms with E-state index in [2.05, 4.69) is 22.1 Å². The highest BCUT2D eigenvalue weighted by Gasteiger charge is 2.26. The predicted octanol–water partition coefficient (Wildman–Crippen LogP) is 1.55. The Kier molecular flexibility index (Phi) is 9.26. The molecule has 2 rings (SSSR count). The van der Waals surface area contributed by atoms with E-state index in [1.165, 1.54) is 4.90 Å². The zero-order valence-corrected chi connectivity index (χ0v) is 17.1. The number of hydrogen-bond donors (Lipinski definition) is 1. The first kappa shape index (κ1) is 20.5. The lowest BCUT2D eigenvalue weighted by Crippen LogP contribution is -2.50. The number of guanidine groups is 1. The van der Waals surface area contributed by atoms with E-state index in [-0.39, 0.29) is 35.8 Å². The lowest BCUT2D eigenvalue weighted by Gasteiger charge is -2.34. The summed E-state index contributed by atoms with van der Waals surface area (Å²) < 4.78 is 0. The summed E-state index contributed by atoms with van der Waals surface area (Å²) in [5.74, 6) is 1.89. The maximum atomic E-state index is 11.8. The fourth-order valence-corrected chi connectivity index (χ4v) is 4.00. The van der Waals surface area contributed by atoms with E-state index in [1.807, 2.05) is 11.8 Å². The fourth-order valence-electron chi connectivity index (χ4n) is 2.82. The molecule has 2 fully saturated rings. The molecule has 0 aromatic carbocycles. The normalized spacial score (nSPS) is 22.9. The molecular formula is C15H27IN4O2S. The van der Waals surface area contributed by atoms with Crippen LogP contribution in [0.1, 0.15) is 32.6 Å². The summed E-state index contributed by atoms with van der Waals surface area (Å²) in [6.45, 7) is 5.19. The number of nitrogens with zero attached hydrogens (tertiary/aromatic N) is 3. The van der Waals surface area contributed by atoms with E-state index in [4.69, 9.17) is 0 Å². The first-order chi connectivity index (χ1) is 10.7. The summed E-state index contributed by atoms with van der Waals surface area (Å²) in [5, 5.41) is 3.94. The van der Waals surface area contributed by atoms with Crippen molar-refractivity contribution in [1.82, 2.24) is 15.1 Å². The second-order valence-corrected chi connectivity index (χ2v) is 7.02. The topological polar surface area (TPSA) is 65.0 Å². The minimum atomic E-state index is -0.0477. The van der Waals surface area contributed by atoms with Crippen molar-refractivity contribution < 1.29 is 9.59 Å². The average molecular weight is 454 g/mol. The van der Waals surface area contributed by atoms with Crippen LogP contribution in [0.4, 0.5) is 0 Å². The monoisotopic (exact) mass is 454 g/mol. The molecule has 0 saturated carbocycles. The van der Waals surface area contributed by atoms with Crippen LogP contribution >= 0.6 is 35.7 Å². The summed E-state index contributed by atoms with van der Waals surface area (Å²) in [6.07, 6.45) is 2.83. The Morgan fingerprint density at radius 1 is 1.35 bits per heavy atom. The Balaban J connectivity index is 0.00000264. The molecule has 8 heteroatoms. The summed E-state index contributed by atoms with van der Waals surface area (Å²) in [4.78, 5) is 31.5. The fraction of sp³-hybridized carbons (Fsp3) is 0.800. The Labute approximate surface area is 159 Å². The minimum Gasteiger partial charge on any atom is -0.354 e. The second-order valence-electron chi connectivity index (χ2n) is 5.61. The van der Waals surface area contributed by atoms with E-state index >= 15 is 0 Å². The lowest BCUT2D eigenvalue weighted by atomic mass is 10.1. The van der Waals surface area contributed by atoms with E-state index < -0.39 is 0 Å². The number of aliphatic imine (C=N–C) groups is 1. The van der Waals surface area contributed by atoms with Crippen LogP contribution in [0.3, 0.4) is 0 Å². The van der Waals surface area contributed by atoms with Crippen molar-refractivity contribution in [2.24, 2.45) is 4.99 Å². The van der Waals surface area contributed by atoms with Gasteiger partial charge >= 0.3 is 0 Å². The van der Waals surface area contributed by atoms with Crippen LogP contribution < -0.4 is 5.32 Å². The molecule has 2 aliphatic heterocycles. The van der Waals surface area contributed by atoms with Gasteiger partial charge in [0.15, 0.2) is 5.96 Å². The zero-order valence-electron chi connectivity index (χ0n) is 13.9. The highest BCUT2D eigenvalue weighted by molar-refractivity contribution is 14.0. The van der Waals surface area contributed by atoms with Crippen LogP contribution in [0.2, 0.25) is 0 Å². The Morgan fingerprint density at radius 3 is 2.65 bits per heavy atom. The van der Waals surface area contributed by atoms with Crippen LogP contribution in [0.15, 0.2) is 4.99 Å². The molecule has 0 aromatic heterocycles. The molecule has 1 unspecified atom stereocenters. The molecule has 1 atom stereocenters. The number of imide groups is 1. The molecule has 0 radical (unpaired) electrons. The third-order valence-electron chi connectivity index (χ3n) is 4.11. The summed E-state index contributed by atoms with van der Waals surface area (Å²) in [5.41, 5.74) is 0. The standard InChI is InChI=1S/C15H26N4O2S.HI/c1-3-12-11-18(9-10-22-12)15(16-2)17-7-8-19-13(20)5-4-6-14(19)21;/h12H,3-11H2,1-2H3,(H,16,17);1H. The van der Waals surface area contributed by atoms with Crippen molar-refractivity contribution in [1.29, 1.82) is 0 Å². The van der Waals surface area contributed by atoms with Crippen LogP contribution in [0.5, 0.6) is 0 Å². The van der Waals surface area contributed by atoms with Crippen molar-refractivity contribution in [3.63, 3.8) is 0 Å². The van der Waals surface area contributed by atoms with E-state index in [1.54, 1.807) is 7.05 Å². The molecule has 2 heterocycles. The van der Waals surface area contributed by atoms with Gasteiger partial charge in [-0.05, 0) is 12.8 Å². The Hall–Kier alpha value is -0.510. The van der Waals surface area contributed by atoms with Gasteiger partial charge in [-0.3, -0.25) is 19.5 Å². The summed E-state index contributed by atoms with van der Waals surface area (Å²) in [7, 11) is 1.78. The largest absolute Gasteiger partial charge is 0.354 e. The molecule has 0 aliphatic carbocycles. The van der Waals surface area contributed by atoms with Crippen molar-refractivity contribution in [3.05, 3.63) is 0 Å². The number of halogens is 1. The molecule has 0 spiro atoms. The highest BCUT2D eigenvalue weighted by atomic mass is 127. The third kappa shape index (κ3) is 5.81. The van der Waals surface area contributed by atoms with Crippen molar-refractivity contribution >= 4 is 53.5 Å². The summed E-state index contributed by atoms with van der Waals surface area (Å²) in [6, 6.07) is 0. The van der Waals surface area contributed by atoms with Gasteiger partial charge in [-0.2, -0.15) is 11.8 Å². The maximum Gasteiger partial charge on any atom is 0.229 e. The molecule has 1 N–H and O–H groups in total. The second kappa shape index (κ2) is 10.4. The van der Waals surface area contributed by atoms with Gasteiger partial charge in [0.1, 0.15) is 0 Å². The van der Waals surface area contributed by atoms with E-state index in [0.717, 1.165) is 31.2 Å². The smallest absolute Gasteiger partial charge is 0.229 e. The molecule has 6 nitrogen and oxygen atoms in total. The number of carbonyl (C=O) groups excluding carboxylic acids is 2. The molecule has 2 saturated heterocycles. The van der Waals surface area contributed by atoms with Gasteiger partial charge in [-0.15, -0.1) is 24.0 Å². The minimum absolute atomic E-state index is 0. The first-order valence-electron chi connectivity index (χ1n) is 8.06. The molecule has 0 aromatic rings. The highest BCUT2D eigenvalue weighted by Crippen LogP contribution is 2.21. The zero-order chi connectivity index (χ0) is 15.9. The number of likely N-dealkylation sites (tertiary alicyclic amines) is 1. The first-order valence-corrected chi connectivity index (χ1v) is 9.11. The van der Waals surface area contributed by atoms with Crippen molar-refractivity contribution in [2.75, 3.05) is 39.0 Å². The lowest BCUT2D eigenvalue weighted by molar-refractivity contribution is -0.147. The quantitative estimate of drug-likeness (QED) is 0.302. The Bertz CT molecular complexity index is 431. The third-order valence-corrected chi connectivity index (χ3v) is 5.48. The SMILES string of the molecule is CCC1CN(C(=NC)NCCN2C(=O)CCCC2=O)CCS1.I. The molecule has 2 amide bonds. The van der Waals surface area contributed by atoms with Gasteiger partial charge in [0, 0.05) is 57.1 Å². The van der Waals surface area contributed by atoms with Gasteiger partial charge in [0.2, 0.25) is 11.8 Å². The Morgan fingerprint density at radius 2 is 2.04 bits per heavy atom. The van der Waals surface area contributed by atoms with Crippen molar-refractivity contribution in [2.45, 2.75) is 37.9 Å². The van der Waals surface area contributed by atoms with Gasteiger partial charge in [0.25, 0.3) is 0 Å². The average Bonchev–Trinajstić information content (AvgIpc) is 2.54. The maximum absolute atomic E-state index is 11.8. The van der Waals surface area contributed by atoms with Crippen LogP contribution in [0, 0.1) is 0 Å². The number of piperidine rings is 1. The molecule has 2 aliphatic rings. The van der Waals surface area contributed by atoms with Crippen LogP contribution in [-0.2, 0) is 9.59 Å². The predicted molar refractivity (Wildman–Crippen MR) is 105 cm³/mol. The number of carbonyl (C=O) groups is 2. The van der Waals surface area contributed by atoms with Crippen LogP contribution in [-0.4, -0.2) is 71.8 Å². The van der Waals surface area contributed by atoms with Gasteiger partial charge in [-0.25, -0.2) is 0 Å².